The first-order chi connectivity index (χ1) is 12.9. The highest BCUT2D eigenvalue weighted by Crippen LogP contribution is 2.30. The van der Waals surface area contributed by atoms with Gasteiger partial charge >= 0.3 is 0 Å². The first-order valence-electron chi connectivity index (χ1n) is 7.94. The van der Waals surface area contributed by atoms with E-state index in [1.165, 1.54) is 37.6 Å². The maximum absolute atomic E-state index is 12.9. The van der Waals surface area contributed by atoms with Gasteiger partial charge in [0.25, 0.3) is 15.9 Å². The van der Waals surface area contributed by atoms with Crippen molar-refractivity contribution in [3.63, 3.8) is 0 Å². The molecule has 3 rings (SSSR count). The highest BCUT2D eigenvalue weighted by Gasteiger charge is 2.26. The maximum atomic E-state index is 12.9. The van der Waals surface area contributed by atoms with Crippen LogP contribution >= 0.6 is 22.7 Å². The van der Waals surface area contributed by atoms with Crippen LogP contribution in [0.1, 0.15) is 14.5 Å². The van der Waals surface area contributed by atoms with E-state index in [4.69, 9.17) is 4.74 Å². The van der Waals surface area contributed by atoms with Gasteiger partial charge in [0.2, 0.25) is 0 Å². The zero-order valence-electron chi connectivity index (χ0n) is 14.7. The quantitative estimate of drug-likeness (QED) is 0.632. The lowest BCUT2D eigenvalue weighted by atomic mass is 10.3. The van der Waals surface area contributed by atoms with Crippen LogP contribution in [0.2, 0.25) is 0 Å². The Kier molecular flexibility index (Phi) is 5.83. The fourth-order valence-corrected chi connectivity index (χ4v) is 5.16. The number of amides is 1. The molecule has 27 heavy (non-hydrogen) atoms. The first kappa shape index (κ1) is 19.4. The first-order valence-corrected chi connectivity index (χ1v) is 11.1. The van der Waals surface area contributed by atoms with Gasteiger partial charge in [0.15, 0.2) is 0 Å². The van der Waals surface area contributed by atoms with Gasteiger partial charge < -0.3 is 10.1 Å². The van der Waals surface area contributed by atoms with Crippen molar-refractivity contribution in [1.82, 2.24) is 5.32 Å². The molecule has 0 radical (unpaired) electrons. The van der Waals surface area contributed by atoms with Crippen LogP contribution < -0.4 is 14.4 Å². The number of carbonyl (C=O) groups excluding carboxylic acids is 1. The van der Waals surface area contributed by atoms with Gasteiger partial charge in [-0.05, 0) is 47.2 Å². The number of carbonyl (C=O) groups is 1. The van der Waals surface area contributed by atoms with E-state index in [2.05, 4.69) is 5.32 Å². The highest BCUT2D eigenvalue weighted by atomic mass is 32.2. The molecule has 6 nitrogen and oxygen atoms in total. The molecule has 2 heterocycles. The second-order valence-electron chi connectivity index (χ2n) is 5.55. The largest absolute Gasteiger partial charge is 0.497 e. The molecule has 2 aromatic heterocycles. The van der Waals surface area contributed by atoms with E-state index < -0.39 is 10.0 Å². The van der Waals surface area contributed by atoms with Crippen LogP contribution in [0.5, 0.6) is 5.75 Å². The molecule has 9 heteroatoms. The Balaban J connectivity index is 1.81. The number of methoxy groups -OCH3 is 1. The predicted molar refractivity (Wildman–Crippen MR) is 108 cm³/mol. The molecule has 0 bridgehead atoms. The van der Waals surface area contributed by atoms with Crippen molar-refractivity contribution in [3.8, 4) is 5.75 Å². The van der Waals surface area contributed by atoms with Gasteiger partial charge in [0.05, 0.1) is 24.2 Å². The number of nitrogens with one attached hydrogen (secondary N) is 1. The summed E-state index contributed by atoms with van der Waals surface area (Å²) in [4.78, 5) is 14.0. The fraction of sp³-hybridized carbons (Fsp3) is 0.167. The smallest absolute Gasteiger partial charge is 0.264 e. The van der Waals surface area contributed by atoms with Crippen LogP contribution in [-0.2, 0) is 16.6 Å². The summed E-state index contributed by atoms with van der Waals surface area (Å²) >= 11 is 2.76. The average molecular weight is 423 g/mol. The molecule has 3 aromatic rings. The minimum absolute atomic E-state index is 0.127. The van der Waals surface area contributed by atoms with Crippen molar-refractivity contribution in [2.45, 2.75) is 11.4 Å². The minimum atomic E-state index is -3.79. The number of nitrogens with zero attached hydrogens (tertiary/aromatic N) is 1. The zero-order valence-corrected chi connectivity index (χ0v) is 17.2. The Hall–Kier alpha value is -2.36. The lowest BCUT2D eigenvalue weighted by Gasteiger charge is -2.20. The summed E-state index contributed by atoms with van der Waals surface area (Å²) in [6.07, 6.45) is 0. The van der Waals surface area contributed by atoms with Gasteiger partial charge in [0.1, 0.15) is 10.6 Å². The summed E-state index contributed by atoms with van der Waals surface area (Å²) in [5.74, 6) is 0.269. The number of ether oxygens (including phenoxy) is 1. The Morgan fingerprint density at radius 2 is 1.85 bits per heavy atom. The molecule has 0 fully saturated rings. The molecule has 0 aliphatic heterocycles. The highest BCUT2D eigenvalue weighted by molar-refractivity contribution is 7.92. The van der Waals surface area contributed by atoms with Crippen LogP contribution in [0.25, 0.3) is 0 Å². The second-order valence-corrected chi connectivity index (χ2v) is 9.46. The van der Waals surface area contributed by atoms with Crippen LogP contribution in [0.3, 0.4) is 0 Å². The molecule has 0 aliphatic carbocycles. The van der Waals surface area contributed by atoms with Crippen LogP contribution in [-0.4, -0.2) is 28.5 Å². The molecule has 1 aromatic carbocycles. The second kappa shape index (κ2) is 8.12. The topological polar surface area (TPSA) is 75.7 Å². The molecule has 0 aliphatic rings. The average Bonchev–Trinajstić information content (AvgIpc) is 3.37. The number of sulfonamides is 1. The van der Waals surface area contributed by atoms with Gasteiger partial charge in [-0.3, -0.25) is 9.10 Å². The molecule has 0 saturated carbocycles. The van der Waals surface area contributed by atoms with Gasteiger partial charge in [-0.2, -0.15) is 0 Å². The monoisotopic (exact) mass is 422 g/mol. The molecule has 0 unspecified atom stereocenters. The van der Waals surface area contributed by atoms with E-state index in [1.807, 2.05) is 17.5 Å². The molecule has 1 N–H and O–H groups in total. The van der Waals surface area contributed by atoms with Crippen molar-refractivity contribution in [2.75, 3.05) is 18.5 Å². The Labute approximate surface area is 166 Å². The number of thiophene rings is 2. The third kappa shape index (κ3) is 4.15. The molecular weight excluding hydrogens is 404 g/mol. The van der Waals surface area contributed by atoms with Gasteiger partial charge in [0, 0.05) is 11.9 Å². The van der Waals surface area contributed by atoms with Crippen molar-refractivity contribution in [3.05, 3.63) is 63.0 Å². The lowest BCUT2D eigenvalue weighted by molar-refractivity contribution is 0.0956. The predicted octanol–water partition coefficient (Wildman–Crippen LogP) is 3.57. The van der Waals surface area contributed by atoms with E-state index in [9.17, 15) is 13.2 Å². The third-order valence-electron chi connectivity index (χ3n) is 3.91. The SMILES string of the molecule is COc1ccc(S(=O)(=O)N(C)c2ccsc2C(=O)NCc2cccs2)cc1. The molecule has 0 atom stereocenters. The minimum Gasteiger partial charge on any atom is -0.497 e. The van der Waals surface area contributed by atoms with E-state index in [1.54, 1.807) is 34.9 Å². The molecule has 0 spiro atoms. The molecular formula is C18H18N2O4S3. The van der Waals surface area contributed by atoms with Crippen molar-refractivity contribution >= 4 is 44.3 Å². The summed E-state index contributed by atoms with van der Waals surface area (Å²) < 4.78 is 32.0. The van der Waals surface area contributed by atoms with E-state index in [-0.39, 0.29) is 10.8 Å². The van der Waals surface area contributed by atoms with Crippen LogP contribution in [0.4, 0.5) is 5.69 Å². The van der Waals surface area contributed by atoms with E-state index in [0.717, 1.165) is 9.18 Å². The maximum Gasteiger partial charge on any atom is 0.264 e. The lowest BCUT2D eigenvalue weighted by Crippen LogP contribution is -2.29. The Bertz CT molecular complexity index is 1010. The molecule has 0 saturated heterocycles. The number of anilines is 1. The van der Waals surface area contributed by atoms with Crippen molar-refractivity contribution < 1.29 is 17.9 Å². The van der Waals surface area contributed by atoms with Crippen molar-refractivity contribution in [1.29, 1.82) is 0 Å². The molecule has 142 valence electrons. The summed E-state index contributed by atoms with van der Waals surface area (Å²) in [7, 11) is -0.837. The third-order valence-corrected chi connectivity index (χ3v) is 7.48. The number of benzene rings is 1. The van der Waals surface area contributed by atoms with E-state index in [0.29, 0.717) is 22.9 Å². The summed E-state index contributed by atoms with van der Waals surface area (Å²) in [5.41, 5.74) is 0.347. The van der Waals surface area contributed by atoms with Crippen LogP contribution in [0, 0.1) is 0 Å². The Morgan fingerprint density at radius 3 is 2.48 bits per heavy atom. The van der Waals surface area contributed by atoms with Crippen molar-refractivity contribution in [2.24, 2.45) is 0 Å². The summed E-state index contributed by atoms with van der Waals surface area (Å²) in [6.45, 7) is 0.406. The number of rotatable bonds is 7. The Morgan fingerprint density at radius 1 is 1.11 bits per heavy atom. The van der Waals surface area contributed by atoms with E-state index >= 15 is 0 Å². The summed E-state index contributed by atoms with van der Waals surface area (Å²) in [6, 6.07) is 11.6. The fourth-order valence-electron chi connectivity index (χ4n) is 2.42. The molecule has 1 amide bonds. The van der Waals surface area contributed by atoms with Crippen LogP contribution in [0.15, 0.2) is 58.1 Å². The van der Waals surface area contributed by atoms with Gasteiger partial charge in [-0.1, -0.05) is 6.07 Å². The zero-order chi connectivity index (χ0) is 19.4. The van der Waals surface area contributed by atoms with Gasteiger partial charge in [-0.15, -0.1) is 22.7 Å². The number of hydrogen-bond acceptors (Lipinski definition) is 6. The summed E-state index contributed by atoms with van der Waals surface area (Å²) in [5, 5.41) is 6.47. The standard InChI is InChI=1S/C18H18N2O4S3/c1-20(27(22,23)15-7-5-13(24-2)6-8-15)16-9-11-26-17(16)18(21)19-12-14-4-3-10-25-14/h3-11H,12H2,1-2H3,(H,19,21). The normalized spacial score (nSPS) is 11.2. The van der Waals surface area contributed by atoms with Gasteiger partial charge in [-0.25, -0.2) is 8.42 Å². The number of hydrogen-bond donors (Lipinski definition) is 1.